The first-order chi connectivity index (χ1) is 18.4. The fourth-order valence-corrected chi connectivity index (χ4v) is 5.36. The number of piperidine rings is 1. The zero-order valence-electron chi connectivity index (χ0n) is 24.5. The van der Waals surface area contributed by atoms with E-state index in [1.54, 1.807) is 0 Å². The van der Waals surface area contributed by atoms with Gasteiger partial charge in [0, 0.05) is 17.8 Å². The second-order valence-corrected chi connectivity index (χ2v) is 13.2. The standard InChI is InChI=1S/C35H44N2O2/c1-34(2,3)22-21-25-17-19-26(20-18-25)31-30(16-11-23-37(31)33(39)27-12-8-7-9-13-27)32(38)36-29-15-10-14-28(24-29)35(4,5)6/h7-10,12-15,17-20,24,30-31H,11,16,21-23H2,1-6H3,(H,36,38)/t30-,31-/m0/s1. The summed E-state index contributed by atoms with van der Waals surface area (Å²) in [5.41, 5.74) is 5.19. The van der Waals surface area contributed by atoms with E-state index in [1.807, 2.05) is 47.4 Å². The maximum atomic E-state index is 13.8. The summed E-state index contributed by atoms with van der Waals surface area (Å²) < 4.78 is 0. The molecule has 1 heterocycles. The van der Waals surface area contributed by atoms with Crippen LogP contribution >= 0.6 is 0 Å². The summed E-state index contributed by atoms with van der Waals surface area (Å²) in [5, 5.41) is 3.19. The number of carbonyl (C=O) groups is 2. The molecule has 4 nitrogen and oxygen atoms in total. The van der Waals surface area contributed by atoms with E-state index < -0.39 is 0 Å². The van der Waals surface area contributed by atoms with Crippen LogP contribution in [0.5, 0.6) is 0 Å². The van der Waals surface area contributed by atoms with Gasteiger partial charge in [0.15, 0.2) is 0 Å². The lowest BCUT2D eigenvalue weighted by Crippen LogP contribution is -2.46. The highest BCUT2D eigenvalue weighted by Gasteiger charge is 2.39. The van der Waals surface area contributed by atoms with Gasteiger partial charge in [0.2, 0.25) is 5.91 Å². The number of likely N-dealkylation sites (tertiary alicyclic amines) is 1. The van der Waals surface area contributed by atoms with Crippen molar-refractivity contribution >= 4 is 17.5 Å². The second kappa shape index (κ2) is 11.8. The van der Waals surface area contributed by atoms with Crippen molar-refractivity contribution in [1.82, 2.24) is 4.90 Å². The Morgan fingerprint density at radius 2 is 1.56 bits per heavy atom. The van der Waals surface area contributed by atoms with Crippen LogP contribution in [0.2, 0.25) is 0 Å². The molecule has 0 radical (unpaired) electrons. The van der Waals surface area contributed by atoms with Gasteiger partial charge in [-0.05, 0) is 77.5 Å². The average Bonchev–Trinajstić information content (AvgIpc) is 2.91. The van der Waals surface area contributed by atoms with Crippen molar-refractivity contribution < 1.29 is 9.59 Å². The van der Waals surface area contributed by atoms with Gasteiger partial charge in [-0.2, -0.15) is 0 Å². The quantitative estimate of drug-likeness (QED) is 0.353. The summed E-state index contributed by atoms with van der Waals surface area (Å²) in [4.78, 5) is 29.5. The number of nitrogens with one attached hydrogen (secondary N) is 1. The molecule has 4 heteroatoms. The normalized spacial score (nSPS) is 18.1. The van der Waals surface area contributed by atoms with Gasteiger partial charge < -0.3 is 10.2 Å². The number of anilines is 1. The molecule has 2 amide bonds. The third kappa shape index (κ3) is 7.38. The summed E-state index contributed by atoms with van der Waals surface area (Å²) in [5.74, 6) is -0.400. The number of aryl methyl sites for hydroxylation is 1. The Labute approximate surface area is 234 Å². The summed E-state index contributed by atoms with van der Waals surface area (Å²) in [6, 6.07) is 25.8. The van der Waals surface area contributed by atoms with E-state index >= 15 is 0 Å². The first-order valence-electron chi connectivity index (χ1n) is 14.3. The third-order valence-corrected chi connectivity index (χ3v) is 7.73. The van der Waals surface area contributed by atoms with Crippen LogP contribution in [0.25, 0.3) is 0 Å². The Balaban J connectivity index is 1.64. The van der Waals surface area contributed by atoms with Crippen LogP contribution in [0, 0.1) is 11.3 Å². The van der Waals surface area contributed by atoms with Gasteiger partial charge in [0.05, 0.1) is 12.0 Å². The predicted molar refractivity (Wildman–Crippen MR) is 161 cm³/mol. The van der Waals surface area contributed by atoms with E-state index in [2.05, 4.69) is 83.3 Å². The summed E-state index contributed by atoms with van der Waals surface area (Å²) in [6.45, 7) is 13.9. The van der Waals surface area contributed by atoms with Crippen LogP contribution in [0.4, 0.5) is 5.69 Å². The first-order valence-corrected chi connectivity index (χ1v) is 14.3. The molecule has 1 fully saturated rings. The van der Waals surface area contributed by atoms with E-state index in [-0.39, 0.29) is 34.6 Å². The fraction of sp³-hybridized carbons (Fsp3) is 0.429. The molecule has 2 atom stereocenters. The number of nitrogens with zero attached hydrogens (tertiary/aromatic N) is 1. The van der Waals surface area contributed by atoms with E-state index in [4.69, 9.17) is 0 Å². The Bertz CT molecular complexity index is 1270. The largest absolute Gasteiger partial charge is 0.331 e. The van der Waals surface area contributed by atoms with Crippen molar-refractivity contribution in [2.45, 2.75) is 78.7 Å². The number of carbonyl (C=O) groups excluding carboxylic acids is 2. The average molecular weight is 525 g/mol. The Morgan fingerprint density at radius 1 is 0.872 bits per heavy atom. The lowest BCUT2D eigenvalue weighted by Gasteiger charge is -2.41. The molecule has 3 aromatic carbocycles. The molecule has 0 saturated carbocycles. The molecule has 1 N–H and O–H groups in total. The van der Waals surface area contributed by atoms with Crippen molar-refractivity contribution in [3.05, 3.63) is 101 Å². The monoisotopic (exact) mass is 524 g/mol. The smallest absolute Gasteiger partial charge is 0.254 e. The molecule has 0 aliphatic carbocycles. The molecule has 1 aliphatic heterocycles. The van der Waals surface area contributed by atoms with Crippen LogP contribution in [0.15, 0.2) is 78.9 Å². The fourth-order valence-electron chi connectivity index (χ4n) is 5.36. The lowest BCUT2D eigenvalue weighted by atomic mass is 9.82. The minimum absolute atomic E-state index is 0.0122. The molecule has 0 bridgehead atoms. The predicted octanol–water partition coefficient (Wildman–Crippen LogP) is 8.20. The molecule has 39 heavy (non-hydrogen) atoms. The SMILES string of the molecule is CC(C)(C)CCc1ccc([C@H]2[C@@H](C(=O)Nc3cccc(C(C)(C)C)c3)CCCN2C(=O)c2ccccc2)cc1. The van der Waals surface area contributed by atoms with Crippen LogP contribution < -0.4 is 5.32 Å². The van der Waals surface area contributed by atoms with Crippen LogP contribution in [-0.2, 0) is 16.6 Å². The zero-order valence-corrected chi connectivity index (χ0v) is 24.5. The van der Waals surface area contributed by atoms with E-state index in [1.165, 1.54) is 11.1 Å². The molecular weight excluding hydrogens is 480 g/mol. The molecule has 4 rings (SSSR count). The van der Waals surface area contributed by atoms with Crippen LogP contribution in [0.3, 0.4) is 0 Å². The van der Waals surface area contributed by atoms with Crippen LogP contribution in [-0.4, -0.2) is 23.3 Å². The molecule has 0 spiro atoms. The van der Waals surface area contributed by atoms with Crippen molar-refractivity contribution in [1.29, 1.82) is 0 Å². The first kappa shape index (κ1) is 28.6. The lowest BCUT2D eigenvalue weighted by molar-refractivity contribution is -0.123. The highest BCUT2D eigenvalue weighted by atomic mass is 16.2. The van der Waals surface area contributed by atoms with Crippen molar-refractivity contribution in [3.63, 3.8) is 0 Å². The number of hydrogen-bond donors (Lipinski definition) is 1. The van der Waals surface area contributed by atoms with Crippen molar-refractivity contribution in [3.8, 4) is 0 Å². The maximum absolute atomic E-state index is 13.8. The van der Waals surface area contributed by atoms with Crippen molar-refractivity contribution in [2.24, 2.45) is 11.3 Å². The molecule has 206 valence electrons. The van der Waals surface area contributed by atoms with E-state index in [9.17, 15) is 9.59 Å². The van der Waals surface area contributed by atoms with Gasteiger partial charge in [-0.3, -0.25) is 9.59 Å². The van der Waals surface area contributed by atoms with E-state index in [0.29, 0.717) is 12.1 Å². The third-order valence-electron chi connectivity index (χ3n) is 7.73. The van der Waals surface area contributed by atoms with Gasteiger partial charge in [0.1, 0.15) is 0 Å². The molecule has 1 aliphatic rings. The zero-order chi connectivity index (χ0) is 28.2. The molecular formula is C35H44N2O2. The summed E-state index contributed by atoms with van der Waals surface area (Å²) in [6.07, 6.45) is 3.64. The Hall–Kier alpha value is -3.40. The minimum atomic E-state index is -0.342. The van der Waals surface area contributed by atoms with Gasteiger partial charge in [0.25, 0.3) is 5.91 Å². The van der Waals surface area contributed by atoms with Crippen molar-refractivity contribution in [2.75, 3.05) is 11.9 Å². The minimum Gasteiger partial charge on any atom is -0.331 e. The highest BCUT2D eigenvalue weighted by Crippen LogP contribution is 2.38. The number of benzene rings is 3. The van der Waals surface area contributed by atoms with Gasteiger partial charge in [-0.15, -0.1) is 0 Å². The van der Waals surface area contributed by atoms with Gasteiger partial charge in [-0.25, -0.2) is 0 Å². The Kier molecular flexibility index (Phi) is 8.64. The molecule has 0 aromatic heterocycles. The summed E-state index contributed by atoms with van der Waals surface area (Å²) in [7, 11) is 0. The highest BCUT2D eigenvalue weighted by molar-refractivity contribution is 5.97. The number of amides is 2. The van der Waals surface area contributed by atoms with Gasteiger partial charge >= 0.3 is 0 Å². The topological polar surface area (TPSA) is 49.4 Å². The number of rotatable bonds is 6. The van der Waals surface area contributed by atoms with Crippen LogP contribution in [0.1, 0.15) is 93.9 Å². The maximum Gasteiger partial charge on any atom is 0.254 e. The second-order valence-electron chi connectivity index (χ2n) is 13.2. The number of hydrogen-bond acceptors (Lipinski definition) is 2. The van der Waals surface area contributed by atoms with E-state index in [0.717, 1.165) is 36.9 Å². The molecule has 0 unspecified atom stereocenters. The molecule has 1 saturated heterocycles. The molecule has 3 aromatic rings. The van der Waals surface area contributed by atoms with Gasteiger partial charge in [-0.1, -0.05) is 96.1 Å². The summed E-state index contributed by atoms with van der Waals surface area (Å²) >= 11 is 0. The Morgan fingerprint density at radius 3 is 2.21 bits per heavy atom.